The molecule has 0 aliphatic rings. The van der Waals surface area contributed by atoms with E-state index in [1.807, 2.05) is 6.07 Å². The highest BCUT2D eigenvalue weighted by Gasteiger charge is 2.16. The molecule has 0 saturated carbocycles. The zero-order valence-corrected chi connectivity index (χ0v) is 11.8. The fourth-order valence-corrected chi connectivity index (χ4v) is 2.82. The molecule has 104 valence electrons. The molecule has 0 unspecified atom stereocenters. The molecule has 0 atom stereocenters. The van der Waals surface area contributed by atoms with Gasteiger partial charge in [-0.05, 0) is 19.1 Å². The van der Waals surface area contributed by atoms with E-state index in [-0.39, 0.29) is 11.3 Å². The minimum absolute atomic E-state index is 0.186. The molecule has 0 aliphatic carbocycles. The van der Waals surface area contributed by atoms with E-state index in [4.69, 9.17) is 5.26 Å². The molecule has 0 bridgehead atoms. The van der Waals surface area contributed by atoms with Crippen molar-refractivity contribution in [3.8, 4) is 6.07 Å². The largest absolute Gasteiger partial charge is 0.264 e. The first kappa shape index (κ1) is 14.1. The zero-order valence-electron chi connectivity index (χ0n) is 10.9. The van der Waals surface area contributed by atoms with Crippen LogP contribution in [0.25, 0.3) is 0 Å². The van der Waals surface area contributed by atoms with Crippen LogP contribution in [-0.2, 0) is 16.6 Å². The molecule has 1 aromatic heterocycles. The summed E-state index contributed by atoms with van der Waals surface area (Å²) >= 11 is 0. The molecule has 2 rings (SSSR count). The first-order valence-corrected chi connectivity index (χ1v) is 7.50. The third-order valence-electron chi connectivity index (χ3n) is 2.63. The van der Waals surface area contributed by atoms with E-state index < -0.39 is 10.0 Å². The van der Waals surface area contributed by atoms with Crippen LogP contribution in [0.5, 0.6) is 0 Å². The van der Waals surface area contributed by atoms with Gasteiger partial charge in [0.15, 0.2) is 0 Å². The molecule has 0 aliphatic heterocycles. The Hall–Kier alpha value is -2.33. The van der Waals surface area contributed by atoms with Crippen LogP contribution in [0.1, 0.15) is 12.1 Å². The molecular formula is C13H14N4O2S. The molecule has 2 aromatic rings. The summed E-state index contributed by atoms with van der Waals surface area (Å²) < 4.78 is 28.4. The number of sulfonamides is 1. The predicted molar refractivity (Wildman–Crippen MR) is 74.4 cm³/mol. The average Bonchev–Trinajstić information content (AvgIpc) is 2.76. The van der Waals surface area contributed by atoms with Gasteiger partial charge in [-0.15, -0.1) is 0 Å². The van der Waals surface area contributed by atoms with Crippen molar-refractivity contribution in [2.45, 2.75) is 24.8 Å². The van der Waals surface area contributed by atoms with Gasteiger partial charge in [-0.3, -0.25) is 4.72 Å². The molecular weight excluding hydrogens is 276 g/mol. The number of nitrogens with one attached hydrogen (secondary N) is 1. The topological polar surface area (TPSA) is 87.8 Å². The van der Waals surface area contributed by atoms with Crippen molar-refractivity contribution in [3.05, 3.63) is 42.1 Å². The summed E-state index contributed by atoms with van der Waals surface area (Å²) in [5.74, 6) is 0.363. The first-order valence-electron chi connectivity index (χ1n) is 6.02. The van der Waals surface area contributed by atoms with E-state index in [2.05, 4.69) is 9.82 Å². The number of aromatic nitrogens is 2. The number of nitriles is 1. The molecule has 0 saturated heterocycles. The van der Waals surface area contributed by atoms with Crippen LogP contribution in [0, 0.1) is 18.3 Å². The highest BCUT2D eigenvalue weighted by molar-refractivity contribution is 7.92. The number of hydrogen-bond acceptors (Lipinski definition) is 4. The summed E-state index contributed by atoms with van der Waals surface area (Å²) in [5.41, 5.74) is 0.689. The van der Waals surface area contributed by atoms with Gasteiger partial charge in [-0.2, -0.15) is 10.4 Å². The van der Waals surface area contributed by atoms with Gasteiger partial charge in [0, 0.05) is 6.07 Å². The number of benzene rings is 1. The van der Waals surface area contributed by atoms with Gasteiger partial charge in [0.25, 0.3) is 10.0 Å². The number of rotatable bonds is 5. The molecule has 7 heteroatoms. The van der Waals surface area contributed by atoms with Crippen LogP contribution in [0.4, 0.5) is 5.82 Å². The number of hydrogen-bond donors (Lipinski definition) is 1. The van der Waals surface area contributed by atoms with Crippen LogP contribution in [0.2, 0.25) is 0 Å². The lowest BCUT2D eigenvalue weighted by atomic mass is 10.4. The first-order chi connectivity index (χ1) is 9.53. The Bertz CT molecular complexity index is 729. The van der Waals surface area contributed by atoms with E-state index in [0.717, 1.165) is 0 Å². The Morgan fingerprint density at radius 3 is 2.70 bits per heavy atom. The SMILES string of the molecule is Cc1cc(NS(=O)(=O)c2ccccc2)n(CCC#N)n1. The van der Waals surface area contributed by atoms with Crippen LogP contribution >= 0.6 is 0 Å². The molecule has 0 fully saturated rings. The summed E-state index contributed by atoms with van der Waals surface area (Å²) in [6, 6.07) is 11.8. The molecule has 0 radical (unpaired) electrons. The standard InChI is InChI=1S/C13H14N4O2S/c1-11-10-13(17(15-11)9-5-8-14)16-20(18,19)12-6-3-2-4-7-12/h2-4,6-7,10,16H,5,9H2,1H3. The lowest BCUT2D eigenvalue weighted by Crippen LogP contribution is -2.16. The summed E-state index contributed by atoms with van der Waals surface area (Å²) in [6.07, 6.45) is 0.265. The molecule has 1 aromatic carbocycles. The van der Waals surface area contributed by atoms with Crippen molar-refractivity contribution in [1.82, 2.24) is 9.78 Å². The molecule has 6 nitrogen and oxygen atoms in total. The van der Waals surface area contributed by atoms with E-state index >= 15 is 0 Å². The fraction of sp³-hybridized carbons (Fsp3) is 0.231. The highest BCUT2D eigenvalue weighted by atomic mass is 32.2. The van der Waals surface area contributed by atoms with Crippen molar-refractivity contribution >= 4 is 15.8 Å². The minimum atomic E-state index is -3.64. The predicted octanol–water partition coefficient (Wildman–Crippen LogP) is 1.91. The van der Waals surface area contributed by atoms with Gasteiger partial charge in [0.2, 0.25) is 0 Å². The molecule has 1 N–H and O–H groups in total. The molecule has 0 spiro atoms. The van der Waals surface area contributed by atoms with Crippen molar-refractivity contribution < 1.29 is 8.42 Å². The lowest BCUT2D eigenvalue weighted by Gasteiger charge is -2.09. The average molecular weight is 290 g/mol. The Labute approximate surface area is 117 Å². The van der Waals surface area contributed by atoms with Gasteiger partial charge < -0.3 is 0 Å². The van der Waals surface area contributed by atoms with Gasteiger partial charge in [-0.25, -0.2) is 13.1 Å². The van der Waals surface area contributed by atoms with Crippen LogP contribution in [0.3, 0.4) is 0 Å². The van der Waals surface area contributed by atoms with Gasteiger partial charge in [0.1, 0.15) is 5.82 Å². The Balaban J connectivity index is 2.28. The van der Waals surface area contributed by atoms with Crippen molar-refractivity contribution in [2.75, 3.05) is 4.72 Å². The maximum Gasteiger partial charge on any atom is 0.263 e. The Morgan fingerprint density at radius 2 is 2.05 bits per heavy atom. The van der Waals surface area contributed by atoms with Crippen molar-refractivity contribution in [1.29, 1.82) is 5.26 Å². The summed E-state index contributed by atoms with van der Waals surface area (Å²) in [4.78, 5) is 0.186. The molecule has 0 amide bonds. The zero-order chi connectivity index (χ0) is 14.6. The van der Waals surface area contributed by atoms with Crippen LogP contribution < -0.4 is 4.72 Å². The minimum Gasteiger partial charge on any atom is -0.264 e. The van der Waals surface area contributed by atoms with Gasteiger partial charge in [0.05, 0.1) is 29.6 Å². The van der Waals surface area contributed by atoms with E-state index in [0.29, 0.717) is 18.1 Å². The third kappa shape index (κ3) is 3.16. The van der Waals surface area contributed by atoms with Crippen LogP contribution in [-0.4, -0.2) is 18.2 Å². The summed E-state index contributed by atoms with van der Waals surface area (Å²) in [6.45, 7) is 2.11. The number of aryl methyl sites for hydroxylation is 2. The Kier molecular flexibility index (Phi) is 4.05. The monoisotopic (exact) mass is 290 g/mol. The maximum atomic E-state index is 12.2. The van der Waals surface area contributed by atoms with Crippen molar-refractivity contribution in [2.24, 2.45) is 0 Å². The lowest BCUT2D eigenvalue weighted by molar-refractivity contribution is 0.597. The summed E-state index contributed by atoms with van der Waals surface area (Å²) in [5, 5.41) is 12.8. The second kappa shape index (κ2) is 5.75. The normalized spacial score (nSPS) is 11.0. The van der Waals surface area contributed by atoms with Gasteiger partial charge in [-0.1, -0.05) is 18.2 Å². The number of nitrogens with zero attached hydrogens (tertiary/aromatic N) is 3. The summed E-state index contributed by atoms with van der Waals surface area (Å²) in [7, 11) is -3.64. The molecule has 20 heavy (non-hydrogen) atoms. The highest BCUT2D eigenvalue weighted by Crippen LogP contribution is 2.17. The fourth-order valence-electron chi connectivity index (χ4n) is 1.75. The van der Waals surface area contributed by atoms with E-state index in [1.165, 1.54) is 16.8 Å². The van der Waals surface area contributed by atoms with Gasteiger partial charge >= 0.3 is 0 Å². The third-order valence-corrected chi connectivity index (χ3v) is 4.00. The van der Waals surface area contributed by atoms with Crippen LogP contribution in [0.15, 0.2) is 41.3 Å². The second-order valence-corrected chi connectivity index (χ2v) is 5.90. The van der Waals surface area contributed by atoms with Crippen molar-refractivity contribution in [3.63, 3.8) is 0 Å². The van der Waals surface area contributed by atoms with E-state index in [1.54, 1.807) is 31.2 Å². The Morgan fingerprint density at radius 1 is 1.35 bits per heavy atom. The number of anilines is 1. The van der Waals surface area contributed by atoms with E-state index in [9.17, 15) is 8.42 Å². The second-order valence-electron chi connectivity index (χ2n) is 4.22. The quantitative estimate of drug-likeness (QED) is 0.911. The molecule has 1 heterocycles. The smallest absolute Gasteiger partial charge is 0.263 e. The maximum absolute atomic E-state index is 12.2.